The maximum atomic E-state index is 12.8. The van der Waals surface area contributed by atoms with E-state index >= 15 is 0 Å². The van der Waals surface area contributed by atoms with E-state index in [1.807, 2.05) is 0 Å². The lowest BCUT2D eigenvalue weighted by atomic mass is 10.2. The molecule has 0 N–H and O–H groups in total. The van der Waals surface area contributed by atoms with Gasteiger partial charge in [0.15, 0.2) is 0 Å². The van der Waals surface area contributed by atoms with Crippen LogP contribution in [0.1, 0.15) is 5.56 Å². The Morgan fingerprint density at radius 2 is 2.12 bits per heavy atom. The molecule has 0 aliphatic rings. The molecule has 0 fully saturated rings. The van der Waals surface area contributed by atoms with Gasteiger partial charge >= 0.3 is 0 Å². The van der Waals surface area contributed by atoms with Crippen molar-refractivity contribution in [3.05, 3.63) is 29.8 Å². The number of hydrogen-bond donors (Lipinski definition) is 0. The molecule has 0 radical (unpaired) electrons. The number of halogens is 4. The average molecular weight is 253 g/mol. The lowest BCUT2D eigenvalue weighted by Crippen LogP contribution is -2.30. The highest BCUT2D eigenvalue weighted by Gasteiger charge is 2.12. The van der Waals surface area contributed by atoms with Crippen LogP contribution in [-0.2, 0) is 6.54 Å². The monoisotopic (exact) mass is 252 g/mol. The molecule has 0 aliphatic carbocycles. The first-order valence-corrected chi connectivity index (χ1v) is 5.31. The molecule has 0 unspecified atom stereocenters. The number of rotatable bonds is 6. The molecule has 0 bridgehead atoms. The van der Waals surface area contributed by atoms with Crippen LogP contribution in [0.3, 0.4) is 0 Å². The molecule has 0 atom stereocenters. The fraction of sp³-hybridized carbons (Fsp3) is 0.500. The number of alkyl halides is 3. The Labute approximate surface area is 97.0 Å². The molecule has 0 aromatic carbocycles. The van der Waals surface area contributed by atoms with E-state index in [1.165, 1.54) is 17.2 Å². The van der Waals surface area contributed by atoms with Gasteiger partial charge in [-0.15, -0.1) is 11.6 Å². The minimum absolute atomic E-state index is 0.224. The van der Waals surface area contributed by atoms with Gasteiger partial charge in [0.25, 0.3) is 6.43 Å². The maximum absolute atomic E-state index is 12.8. The lowest BCUT2D eigenvalue weighted by Gasteiger charge is -2.20. The number of nitrogens with zero attached hydrogens (tertiary/aromatic N) is 2. The zero-order valence-corrected chi connectivity index (χ0v) is 9.30. The summed E-state index contributed by atoms with van der Waals surface area (Å²) < 4.78 is 37.2. The highest BCUT2D eigenvalue weighted by atomic mass is 35.5. The van der Waals surface area contributed by atoms with E-state index in [9.17, 15) is 13.2 Å². The van der Waals surface area contributed by atoms with Gasteiger partial charge in [-0.2, -0.15) is 0 Å². The van der Waals surface area contributed by atoms with Crippen LogP contribution in [0.4, 0.5) is 13.2 Å². The van der Waals surface area contributed by atoms with Crippen LogP contribution < -0.4 is 0 Å². The molecule has 0 amide bonds. The summed E-state index contributed by atoms with van der Waals surface area (Å²) >= 11 is 5.50. The molecule has 1 rings (SSSR count). The smallest absolute Gasteiger partial charge is 0.251 e. The third kappa shape index (κ3) is 4.81. The van der Waals surface area contributed by atoms with Gasteiger partial charge in [-0.05, 0) is 11.6 Å². The highest BCUT2D eigenvalue weighted by molar-refractivity contribution is 6.18. The van der Waals surface area contributed by atoms with Gasteiger partial charge in [0.2, 0.25) is 0 Å². The Hall–Kier alpha value is -0.810. The van der Waals surface area contributed by atoms with E-state index in [4.69, 9.17) is 11.6 Å². The molecule has 0 saturated carbocycles. The fourth-order valence-corrected chi connectivity index (χ4v) is 1.59. The third-order valence-electron chi connectivity index (χ3n) is 1.96. The summed E-state index contributed by atoms with van der Waals surface area (Å²) in [4.78, 5) is 5.12. The predicted octanol–water partition coefficient (Wildman–Crippen LogP) is 2.53. The van der Waals surface area contributed by atoms with E-state index in [0.717, 1.165) is 6.20 Å². The van der Waals surface area contributed by atoms with Gasteiger partial charge in [0.1, 0.15) is 5.82 Å². The molecule has 16 heavy (non-hydrogen) atoms. The number of pyridine rings is 1. The van der Waals surface area contributed by atoms with Crippen molar-refractivity contribution in [3.8, 4) is 0 Å². The van der Waals surface area contributed by atoms with Gasteiger partial charge in [-0.3, -0.25) is 9.88 Å². The van der Waals surface area contributed by atoms with Gasteiger partial charge < -0.3 is 0 Å². The normalized spacial score (nSPS) is 11.4. The van der Waals surface area contributed by atoms with Gasteiger partial charge in [-0.25, -0.2) is 13.2 Å². The molecule has 90 valence electrons. The molecule has 1 aromatic heterocycles. The first-order valence-electron chi connectivity index (χ1n) is 4.77. The van der Waals surface area contributed by atoms with Gasteiger partial charge in [0, 0.05) is 25.2 Å². The summed E-state index contributed by atoms with van der Waals surface area (Å²) in [5, 5.41) is 0. The molecular formula is C10H12ClF3N2. The van der Waals surface area contributed by atoms with E-state index < -0.39 is 12.2 Å². The molecule has 0 spiro atoms. The second-order valence-electron chi connectivity index (χ2n) is 3.33. The largest absolute Gasteiger partial charge is 0.292 e. The fourth-order valence-electron chi connectivity index (χ4n) is 1.35. The Kier molecular flexibility index (Phi) is 5.55. The SMILES string of the molecule is Fc1cncc(CN(CCCl)CC(F)F)c1. The number of aromatic nitrogens is 1. The molecule has 0 aliphatic heterocycles. The highest BCUT2D eigenvalue weighted by Crippen LogP contribution is 2.07. The van der Waals surface area contributed by atoms with Gasteiger partial charge in [0.05, 0.1) is 12.7 Å². The quantitative estimate of drug-likeness (QED) is 0.724. The van der Waals surface area contributed by atoms with Crippen LogP contribution in [-0.4, -0.2) is 35.3 Å². The Morgan fingerprint density at radius 1 is 1.38 bits per heavy atom. The molecular weight excluding hydrogens is 241 g/mol. The van der Waals surface area contributed by atoms with E-state index in [1.54, 1.807) is 0 Å². The van der Waals surface area contributed by atoms with Crippen LogP contribution in [0.25, 0.3) is 0 Å². The maximum Gasteiger partial charge on any atom is 0.251 e. The van der Waals surface area contributed by atoms with Crippen molar-refractivity contribution in [3.63, 3.8) is 0 Å². The van der Waals surface area contributed by atoms with Crippen LogP contribution in [0, 0.1) is 5.82 Å². The van der Waals surface area contributed by atoms with Crippen LogP contribution >= 0.6 is 11.6 Å². The summed E-state index contributed by atoms with van der Waals surface area (Å²) in [6, 6.07) is 1.28. The summed E-state index contributed by atoms with van der Waals surface area (Å²) in [5.41, 5.74) is 0.561. The predicted molar refractivity (Wildman–Crippen MR) is 56.2 cm³/mol. The molecule has 1 heterocycles. The lowest BCUT2D eigenvalue weighted by molar-refractivity contribution is 0.0877. The van der Waals surface area contributed by atoms with E-state index in [2.05, 4.69) is 4.98 Å². The zero-order chi connectivity index (χ0) is 12.0. The molecule has 6 heteroatoms. The topological polar surface area (TPSA) is 16.1 Å². The minimum atomic E-state index is -2.43. The number of hydrogen-bond acceptors (Lipinski definition) is 2. The van der Waals surface area contributed by atoms with Crippen molar-refractivity contribution in [1.82, 2.24) is 9.88 Å². The van der Waals surface area contributed by atoms with Crippen molar-refractivity contribution < 1.29 is 13.2 Å². The Balaban J connectivity index is 2.60. The van der Waals surface area contributed by atoms with Gasteiger partial charge in [-0.1, -0.05) is 0 Å². The summed E-state index contributed by atoms with van der Waals surface area (Å²) in [5.74, 6) is -0.212. The van der Waals surface area contributed by atoms with Crippen molar-refractivity contribution in [2.24, 2.45) is 0 Å². The zero-order valence-electron chi connectivity index (χ0n) is 8.54. The van der Waals surface area contributed by atoms with Crippen molar-refractivity contribution in [2.45, 2.75) is 13.0 Å². The standard InChI is InChI=1S/C10H12ClF3N2/c11-1-2-16(7-10(13)14)6-8-3-9(12)5-15-4-8/h3-5,10H,1-2,6-7H2. The van der Waals surface area contributed by atoms with Crippen molar-refractivity contribution in [1.29, 1.82) is 0 Å². The first-order chi connectivity index (χ1) is 7.61. The van der Waals surface area contributed by atoms with Crippen molar-refractivity contribution in [2.75, 3.05) is 19.0 Å². The minimum Gasteiger partial charge on any atom is -0.292 e. The average Bonchev–Trinajstić information content (AvgIpc) is 2.16. The van der Waals surface area contributed by atoms with Crippen LogP contribution in [0.15, 0.2) is 18.5 Å². The Bertz CT molecular complexity index is 323. The summed E-state index contributed by atoms with van der Waals surface area (Å²) in [7, 11) is 0. The summed E-state index contributed by atoms with van der Waals surface area (Å²) in [6.07, 6.45) is 0.0999. The second kappa shape index (κ2) is 6.70. The third-order valence-corrected chi connectivity index (χ3v) is 2.13. The van der Waals surface area contributed by atoms with Crippen LogP contribution in [0.2, 0.25) is 0 Å². The molecule has 1 aromatic rings. The molecule has 0 saturated heterocycles. The van der Waals surface area contributed by atoms with Crippen LogP contribution in [0.5, 0.6) is 0 Å². The second-order valence-corrected chi connectivity index (χ2v) is 3.70. The van der Waals surface area contributed by atoms with Crippen molar-refractivity contribution >= 4 is 11.6 Å². The Morgan fingerprint density at radius 3 is 2.69 bits per heavy atom. The molecule has 2 nitrogen and oxygen atoms in total. The van der Waals surface area contributed by atoms with E-state index in [0.29, 0.717) is 12.1 Å². The van der Waals surface area contributed by atoms with E-state index in [-0.39, 0.29) is 19.0 Å². The summed E-state index contributed by atoms with van der Waals surface area (Å²) in [6.45, 7) is 0.188. The first kappa shape index (κ1) is 13.3.